The molecule has 15 heavy (non-hydrogen) atoms. The van der Waals surface area contributed by atoms with Crippen LogP contribution in [0.25, 0.3) is 0 Å². The molecule has 2 heterocycles. The molecular weight excluding hydrogens is 230 g/mol. The van der Waals surface area contributed by atoms with E-state index >= 15 is 0 Å². The summed E-state index contributed by atoms with van der Waals surface area (Å²) in [6.07, 6.45) is 1.00. The highest BCUT2D eigenvalue weighted by Crippen LogP contribution is 2.35. The second-order valence-electron chi connectivity index (χ2n) is 3.14. The van der Waals surface area contributed by atoms with Gasteiger partial charge in [0.25, 0.3) is 0 Å². The molecule has 1 aliphatic heterocycles. The highest BCUT2D eigenvalue weighted by molar-refractivity contribution is 8.06. The second-order valence-corrected chi connectivity index (χ2v) is 5.60. The van der Waals surface area contributed by atoms with E-state index in [0.29, 0.717) is 24.0 Å². The molecule has 1 aliphatic rings. The first kappa shape index (κ1) is 10.8. The SMILES string of the molecule is N#CCCc1nc(C2CSCCS2)no1. The lowest BCUT2D eigenvalue weighted by molar-refractivity contribution is 0.374. The van der Waals surface area contributed by atoms with Crippen LogP contribution < -0.4 is 0 Å². The first-order chi connectivity index (χ1) is 7.40. The van der Waals surface area contributed by atoms with Gasteiger partial charge in [0.1, 0.15) is 0 Å². The van der Waals surface area contributed by atoms with E-state index in [4.69, 9.17) is 9.78 Å². The number of hydrogen-bond acceptors (Lipinski definition) is 6. The molecule has 6 heteroatoms. The summed E-state index contributed by atoms with van der Waals surface area (Å²) in [7, 11) is 0. The zero-order valence-electron chi connectivity index (χ0n) is 8.18. The van der Waals surface area contributed by atoms with Crippen LogP contribution in [0.2, 0.25) is 0 Å². The highest BCUT2D eigenvalue weighted by atomic mass is 32.2. The summed E-state index contributed by atoms with van der Waals surface area (Å²) < 4.78 is 5.09. The van der Waals surface area contributed by atoms with Crippen LogP contribution in [-0.2, 0) is 6.42 Å². The van der Waals surface area contributed by atoms with E-state index < -0.39 is 0 Å². The molecule has 0 saturated carbocycles. The number of rotatable bonds is 3. The van der Waals surface area contributed by atoms with Crippen LogP contribution in [0.4, 0.5) is 0 Å². The summed E-state index contributed by atoms with van der Waals surface area (Å²) in [6.45, 7) is 0. The molecule has 0 aromatic carbocycles. The molecule has 80 valence electrons. The Kier molecular flexibility index (Phi) is 3.92. The standard InChI is InChI=1S/C9H11N3OS2/c10-3-1-2-8-11-9(12-13-8)7-6-14-4-5-15-7/h7H,1-2,4-6H2. The molecule has 0 radical (unpaired) electrons. The quantitative estimate of drug-likeness (QED) is 0.807. The molecule has 1 aromatic heterocycles. The van der Waals surface area contributed by atoms with E-state index in [9.17, 15) is 0 Å². The fraction of sp³-hybridized carbons (Fsp3) is 0.667. The number of nitrogens with zero attached hydrogens (tertiary/aromatic N) is 3. The number of nitriles is 1. The molecule has 0 bridgehead atoms. The van der Waals surface area contributed by atoms with Gasteiger partial charge in [0.05, 0.1) is 11.3 Å². The summed E-state index contributed by atoms with van der Waals surface area (Å²) in [6, 6.07) is 2.07. The van der Waals surface area contributed by atoms with Crippen molar-refractivity contribution in [2.45, 2.75) is 18.1 Å². The van der Waals surface area contributed by atoms with Crippen molar-refractivity contribution in [1.29, 1.82) is 5.26 Å². The van der Waals surface area contributed by atoms with Crippen molar-refractivity contribution in [2.75, 3.05) is 17.3 Å². The predicted molar refractivity (Wildman–Crippen MR) is 60.8 cm³/mol. The first-order valence-corrected chi connectivity index (χ1v) is 6.99. The van der Waals surface area contributed by atoms with Crippen LogP contribution in [-0.4, -0.2) is 27.4 Å². The highest BCUT2D eigenvalue weighted by Gasteiger charge is 2.21. The van der Waals surface area contributed by atoms with Crippen molar-refractivity contribution in [3.05, 3.63) is 11.7 Å². The molecule has 2 rings (SSSR count). The van der Waals surface area contributed by atoms with Gasteiger partial charge in [0, 0.05) is 30.1 Å². The molecule has 0 N–H and O–H groups in total. The van der Waals surface area contributed by atoms with Crippen molar-refractivity contribution in [3.8, 4) is 6.07 Å². The van der Waals surface area contributed by atoms with E-state index in [1.165, 1.54) is 5.75 Å². The van der Waals surface area contributed by atoms with Crippen molar-refractivity contribution in [3.63, 3.8) is 0 Å². The van der Waals surface area contributed by atoms with Gasteiger partial charge in [-0.15, -0.1) is 11.8 Å². The molecule has 4 nitrogen and oxygen atoms in total. The van der Waals surface area contributed by atoms with E-state index in [1.807, 2.05) is 23.5 Å². The molecule has 1 atom stereocenters. The minimum absolute atomic E-state index is 0.364. The lowest BCUT2D eigenvalue weighted by Gasteiger charge is -2.16. The van der Waals surface area contributed by atoms with Gasteiger partial charge in [0.2, 0.25) is 5.89 Å². The zero-order valence-corrected chi connectivity index (χ0v) is 9.81. The summed E-state index contributed by atoms with van der Waals surface area (Å²) in [5.41, 5.74) is 0. The van der Waals surface area contributed by atoms with Crippen molar-refractivity contribution >= 4 is 23.5 Å². The maximum atomic E-state index is 8.44. The van der Waals surface area contributed by atoms with Crippen LogP contribution in [0.5, 0.6) is 0 Å². The Bertz CT molecular complexity index is 354. The van der Waals surface area contributed by atoms with Crippen molar-refractivity contribution in [2.24, 2.45) is 0 Å². The average Bonchev–Trinajstić information content (AvgIpc) is 2.76. The van der Waals surface area contributed by atoms with Gasteiger partial charge in [-0.2, -0.15) is 22.0 Å². The number of aromatic nitrogens is 2. The number of aryl methyl sites for hydroxylation is 1. The van der Waals surface area contributed by atoms with Crippen LogP contribution in [0.3, 0.4) is 0 Å². The van der Waals surface area contributed by atoms with Crippen LogP contribution >= 0.6 is 23.5 Å². The molecule has 0 amide bonds. The molecule has 0 aliphatic carbocycles. The van der Waals surface area contributed by atoms with E-state index in [2.05, 4.69) is 16.2 Å². The summed E-state index contributed by atoms with van der Waals surface area (Å²) >= 11 is 3.81. The minimum atomic E-state index is 0.364. The largest absolute Gasteiger partial charge is 0.339 e. The van der Waals surface area contributed by atoms with Gasteiger partial charge >= 0.3 is 0 Å². The minimum Gasteiger partial charge on any atom is -0.339 e. The molecule has 1 saturated heterocycles. The van der Waals surface area contributed by atoms with Crippen LogP contribution in [0.1, 0.15) is 23.4 Å². The molecule has 1 fully saturated rings. The maximum absolute atomic E-state index is 8.44. The van der Waals surface area contributed by atoms with Gasteiger partial charge < -0.3 is 4.52 Å². The van der Waals surface area contributed by atoms with Gasteiger partial charge in [-0.3, -0.25) is 0 Å². The molecule has 1 unspecified atom stereocenters. The topological polar surface area (TPSA) is 62.7 Å². The Labute approximate surface area is 96.8 Å². The third-order valence-electron chi connectivity index (χ3n) is 2.04. The summed E-state index contributed by atoms with van der Waals surface area (Å²) in [4.78, 5) is 4.31. The monoisotopic (exact) mass is 241 g/mol. The zero-order chi connectivity index (χ0) is 10.5. The van der Waals surface area contributed by atoms with E-state index in [1.54, 1.807) is 0 Å². The smallest absolute Gasteiger partial charge is 0.227 e. The lowest BCUT2D eigenvalue weighted by atomic mass is 10.3. The van der Waals surface area contributed by atoms with Crippen LogP contribution in [0.15, 0.2) is 4.52 Å². The number of hydrogen-bond donors (Lipinski definition) is 0. The fourth-order valence-electron chi connectivity index (χ4n) is 1.30. The fourth-order valence-corrected chi connectivity index (χ4v) is 3.89. The Morgan fingerprint density at radius 2 is 2.47 bits per heavy atom. The van der Waals surface area contributed by atoms with E-state index in [0.717, 1.165) is 17.3 Å². The molecular formula is C9H11N3OS2. The first-order valence-electron chi connectivity index (χ1n) is 4.79. The van der Waals surface area contributed by atoms with Gasteiger partial charge in [-0.1, -0.05) is 5.16 Å². The predicted octanol–water partition coefficient (Wildman–Crippen LogP) is 2.05. The van der Waals surface area contributed by atoms with E-state index in [-0.39, 0.29) is 0 Å². The Morgan fingerprint density at radius 3 is 3.20 bits per heavy atom. The summed E-state index contributed by atoms with van der Waals surface area (Å²) in [5, 5.41) is 12.8. The third kappa shape index (κ3) is 2.89. The second kappa shape index (κ2) is 5.42. The maximum Gasteiger partial charge on any atom is 0.227 e. The average molecular weight is 241 g/mol. The van der Waals surface area contributed by atoms with Crippen molar-refractivity contribution in [1.82, 2.24) is 10.1 Å². The van der Waals surface area contributed by atoms with Gasteiger partial charge in [-0.25, -0.2) is 0 Å². The summed E-state index contributed by atoms with van der Waals surface area (Å²) in [5.74, 6) is 4.79. The third-order valence-corrected chi connectivity index (χ3v) is 4.79. The Morgan fingerprint density at radius 1 is 1.53 bits per heavy atom. The van der Waals surface area contributed by atoms with Crippen molar-refractivity contribution < 1.29 is 4.52 Å². The lowest BCUT2D eigenvalue weighted by Crippen LogP contribution is -2.08. The molecule has 0 spiro atoms. The van der Waals surface area contributed by atoms with Crippen LogP contribution in [0, 0.1) is 11.3 Å². The Balaban J connectivity index is 1.96. The van der Waals surface area contributed by atoms with Gasteiger partial charge in [0.15, 0.2) is 5.82 Å². The normalized spacial score (nSPS) is 21.1. The molecule has 1 aromatic rings. The number of thioether (sulfide) groups is 2. The Hall–Kier alpha value is -0.670. The van der Waals surface area contributed by atoms with Gasteiger partial charge in [-0.05, 0) is 0 Å².